The molecule has 1 heterocycles. The van der Waals surface area contributed by atoms with Crippen LogP contribution in [0.5, 0.6) is 11.6 Å². The SMILES string of the molecule is COC(=O)c1[nH]nnc1Oc1ccc2c(c1)CCCC2. The first-order valence-corrected chi connectivity index (χ1v) is 6.57. The lowest BCUT2D eigenvalue weighted by molar-refractivity contribution is 0.0591. The topological polar surface area (TPSA) is 77.1 Å². The maximum atomic E-state index is 11.5. The lowest BCUT2D eigenvalue weighted by Crippen LogP contribution is -2.05. The Balaban J connectivity index is 1.85. The molecule has 3 rings (SSSR count). The molecule has 2 aromatic rings. The van der Waals surface area contributed by atoms with Gasteiger partial charge in [0.25, 0.3) is 5.88 Å². The molecule has 6 nitrogen and oxygen atoms in total. The molecular weight excluding hydrogens is 258 g/mol. The van der Waals surface area contributed by atoms with Gasteiger partial charge in [-0.3, -0.25) is 0 Å². The highest BCUT2D eigenvalue weighted by Gasteiger charge is 2.19. The Morgan fingerprint density at radius 1 is 1.25 bits per heavy atom. The summed E-state index contributed by atoms with van der Waals surface area (Å²) in [6, 6.07) is 5.96. The summed E-state index contributed by atoms with van der Waals surface area (Å²) >= 11 is 0. The van der Waals surface area contributed by atoms with Crippen LogP contribution in [0.15, 0.2) is 18.2 Å². The standard InChI is InChI=1S/C14H15N3O3/c1-19-14(18)12-13(16-17-15-12)20-11-7-6-9-4-2-3-5-10(9)8-11/h6-8H,2-5H2,1H3,(H,15,16,17). The summed E-state index contributed by atoms with van der Waals surface area (Å²) < 4.78 is 10.3. The number of fused-ring (bicyclic) bond motifs is 1. The van der Waals surface area contributed by atoms with Gasteiger partial charge in [0.2, 0.25) is 5.69 Å². The largest absolute Gasteiger partial charge is 0.464 e. The molecule has 104 valence electrons. The lowest BCUT2D eigenvalue weighted by atomic mass is 9.92. The number of aryl methyl sites for hydroxylation is 2. The van der Waals surface area contributed by atoms with Gasteiger partial charge in [0.05, 0.1) is 7.11 Å². The van der Waals surface area contributed by atoms with Crippen molar-refractivity contribution in [1.29, 1.82) is 0 Å². The minimum Gasteiger partial charge on any atom is -0.464 e. The van der Waals surface area contributed by atoms with Crippen molar-refractivity contribution in [2.75, 3.05) is 7.11 Å². The van der Waals surface area contributed by atoms with Gasteiger partial charge in [-0.25, -0.2) is 9.89 Å². The van der Waals surface area contributed by atoms with Crippen LogP contribution < -0.4 is 4.74 Å². The Bertz CT molecular complexity index is 636. The molecule has 1 aromatic heterocycles. The van der Waals surface area contributed by atoms with Gasteiger partial charge in [-0.15, -0.1) is 0 Å². The lowest BCUT2D eigenvalue weighted by Gasteiger charge is -2.16. The molecule has 0 saturated heterocycles. The number of aromatic amines is 1. The molecule has 0 spiro atoms. The number of nitrogens with one attached hydrogen (secondary N) is 1. The zero-order chi connectivity index (χ0) is 13.9. The predicted molar refractivity (Wildman–Crippen MR) is 70.9 cm³/mol. The van der Waals surface area contributed by atoms with Crippen molar-refractivity contribution in [3.05, 3.63) is 35.0 Å². The first-order chi connectivity index (χ1) is 9.78. The molecule has 0 unspecified atom stereocenters. The Labute approximate surface area is 116 Å². The number of nitrogens with zero attached hydrogens (tertiary/aromatic N) is 2. The first-order valence-electron chi connectivity index (χ1n) is 6.57. The van der Waals surface area contributed by atoms with Gasteiger partial charge in [0.15, 0.2) is 0 Å². The molecule has 0 aliphatic heterocycles. The molecule has 1 N–H and O–H groups in total. The molecule has 0 amide bonds. The van der Waals surface area contributed by atoms with Gasteiger partial charge >= 0.3 is 5.97 Å². The van der Waals surface area contributed by atoms with Crippen LogP contribution >= 0.6 is 0 Å². The number of ether oxygens (including phenoxy) is 2. The van der Waals surface area contributed by atoms with Gasteiger partial charge < -0.3 is 9.47 Å². The summed E-state index contributed by atoms with van der Waals surface area (Å²) in [7, 11) is 1.30. The van der Waals surface area contributed by atoms with E-state index in [1.54, 1.807) is 0 Å². The number of esters is 1. The van der Waals surface area contributed by atoms with E-state index in [4.69, 9.17) is 4.74 Å². The molecule has 0 saturated carbocycles. The van der Waals surface area contributed by atoms with Gasteiger partial charge in [-0.2, -0.15) is 0 Å². The van der Waals surface area contributed by atoms with Crippen LogP contribution in [0.4, 0.5) is 0 Å². The molecule has 0 fully saturated rings. The van der Waals surface area contributed by atoms with Gasteiger partial charge in [-0.1, -0.05) is 16.4 Å². The number of rotatable bonds is 3. The average molecular weight is 273 g/mol. The van der Waals surface area contributed by atoms with Crippen LogP contribution in [0.2, 0.25) is 0 Å². The fourth-order valence-corrected chi connectivity index (χ4v) is 2.41. The van der Waals surface area contributed by atoms with E-state index in [2.05, 4.69) is 26.2 Å². The Kier molecular flexibility index (Phi) is 3.37. The summed E-state index contributed by atoms with van der Waals surface area (Å²) in [6.07, 6.45) is 4.62. The van der Waals surface area contributed by atoms with Crippen molar-refractivity contribution < 1.29 is 14.3 Å². The average Bonchev–Trinajstić information content (AvgIpc) is 2.94. The summed E-state index contributed by atoms with van der Waals surface area (Å²) in [4.78, 5) is 11.5. The summed E-state index contributed by atoms with van der Waals surface area (Å²) in [6.45, 7) is 0. The van der Waals surface area contributed by atoms with Crippen molar-refractivity contribution in [1.82, 2.24) is 15.4 Å². The normalized spacial score (nSPS) is 13.7. The molecular formula is C14H15N3O3. The van der Waals surface area contributed by atoms with Crippen LogP contribution in [0, 0.1) is 0 Å². The maximum Gasteiger partial charge on any atom is 0.361 e. The quantitative estimate of drug-likeness (QED) is 0.868. The molecule has 0 atom stereocenters. The number of H-pyrrole nitrogens is 1. The Morgan fingerprint density at radius 3 is 2.85 bits per heavy atom. The summed E-state index contributed by atoms with van der Waals surface area (Å²) in [5, 5.41) is 9.82. The van der Waals surface area contributed by atoms with E-state index in [0.717, 1.165) is 12.8 Å². The number of methoxy groups -OCH3 is 1. The summed E-state index contributed by atoms with van der Waals surface area (Å²) in [5.74, 6) is 0.236. The van der Waals surface area contributed by atoms with Crippen LogP contribution in [-0.4, -0.2) is 28.5 Å². The van der Waals surface area contributed by atoms with Crippen molar-refractivity contribution in [3.8, 4) is 11.6 Å². The van der Waals surface area contributed by atoms with E-state index in [1.165, 1.54) is 31.1 Å². The Hall–Kier alpha value is -2.37. The van der Waals surface area contributed by atoms with Gasteiger partial charge in [-0.05, 0) is 48.9 Å². The molecule has 6 heteroatoms. The zero-order valence-corrected chi connectivity index (χ0v) is 11.2. The first kappa shape index (κ1) is 12.7. The molecule has 1 aromatic carbocycles. The van der Waals surface area contributed by atoms with Crippen molar-refractivity contribution in [2.24, 2.45) is 0 Å². The van der Waals surface area contributed by atoms with E-state index in [1.807, 2.05) is 12.1 Å². The molecule has 0 bridgehead atoms. The molecule has 20 heavy (non-hydrogen) atoms. The highest BCUT2D eigenvalue weighted by atomic mass is 16.5. The van der Waals surface area contributed by atoms with E-state index < -0.39 is 5.97 Å². The number of aromatic nitrogens is 3. The van der Waals surface area contributed by atoms with Crippen LogP contribution in [0.1, 0.15) is 34.5 Å². The van der Waals surface area contributed by atoms with Gasteiger partial charge in [0, 0.05) is 0 Å². The highest BCUT2D eigenvalue weighted by molar-refractivity contribution is 5.89. The second-order valence-electron chi connectivity index (χ2n) is 4.72. The second-order valence-corrected chi connectivity index (χ2v) is 4.72. The third kappa shape index (κ3) is 2.36. The molecule has 1 aliphatic carbocycles. The van der Waals surface area contributed by atoms with Gasteiger partial charge in [0.1, 0.15) is 5.75 Å². The third-order valence-corrected chi connectivity index (χ3v) is 3.44. The van der Waals surface area contributed by atoms with E-state index in [0.29, 0.717) is 5.75 Å². The van der Waals surface area contributed by atoms with Crippen molar-refractivity contribution in [2.45, 2.75) is 25.7 Å². The number of carbonyl (C=O) groups excluding carboxylic acids is 1. The fraction of sp³-hybridized carbons (Fsp3) is 0.357. The number of carbonyl (C=O) groups is 1. The van der Waals surface area contributed by atoms with E-state index in [-0.39, 0.29) is 11.6 Å². The third-order valence-electron chi connectivity index (χ3n) is 3.44. The summed E-state index contributed by atoms with van der Waals surface area (Å²) in [5.41, 5.74) is 2.79. The number of benzene rings is 1. The second kappa shape index (κ2) is 5.32. The van der Waals surface area contributed by atoms with Crippen LogP contribution in [0.3, 0.4) is 0 Å². The van der Waals surface area contributed by atoms with E-state index >= 15 is 0 Å². The molecule has 1 aliphatic rings. The number of hydrogen-bond acceptors (Lipinski definition) is 5. The maximum absolute atomic E-state index is 11.5. The number of hydrogen-bond donors (Lipinski definition) is 1. The van der Waals surface area contributed by atoms with Crippen LogP contribution in [-0.2, 0) is 17.6 Å². The highest BCUT2D eigenvalue weighted by Crippen LogP contribution is 2.28. The van der Waals surface area contributed by atoms with Crippen molar-refractivity contribution in [3.63, 3.8) is 0 Å². The van der Waals surface area contributed by atoms with E-state index in [9.17, 15) is 4.79 Å². The predicted octanol–water partition coefficient (Wildman–Crippen LogP) is 2.26. The van der Waals surface area contributed by atoms with Crippen molar-refractivity contribution >= 4 is 5.97 Å². The minimum absolute atomic E-state index is 0.116. The monoisotopic (exact) mass is 273 g/mol. The fourth-order valence-electron chi connectivity index (χ4n) is 2.41. The molecule has 0 radical (unpaired) electrons. The Morgan fingerprint density at radius 2 is 2.05 bits per heavy atom. The minimum atomic E-state index is -0.553. The van der Waals surface area contributed by atoms with Crippen LogP contribution in [0.25, 0.3) is 0 Å². The zero-order valence-electron chi connectivity index (χ0n) is 11.2. The smallest absolute Gasteiger partial charge is 0.361 e.